The number of amides is 2. The quantitative estimate of drug-likeness (QED) is 0.242. The molecule has 1 aliphatic heterocycles. The third kappa shape index (κ3) is 5.73. The number of carbonyl (C=O) groups is 2. The summed E-state index contributed by atoms with van der Waals surface area (Å²) in [5.74, 6) is -0.194. The van der Waals surface area contributed by atoms with Gasteiger partial charge < -0.3 is 20.9 Å². The monoisotopic (exact) mass is 577 g/mol. The van der Waals surface area contributed by atoms with Crippen LogP contribution in [0.5, 0.6) is 0 Å². The number of fused-ring (bicyclic) bond motifs is 1. The molecule has 9 heteroatoms. The first-order valence-electron chi connectivity index (χ1n) is 13.4. The van der Waals surface area contributed by atoms with Crippen molar-refractivity contribution < 1.29 is 9.59 Å². The number of likely N-dealkylation sites (tertiary alicyclic amines) is 1. The SMILES string of the molecule is C[C@@H](c1ccc(-c2ccccc2)cc1)[C@H](NC(=O)C(C)(C)N)C(=O)N1CCC[C@H]1c1nc2cc(Cl)c(Cl)cc2[nH]1. The maximum absolute atomic E-state index is 14.2. The van der Waals surface area contributed by atoms with Crippen LogP contribution < -0.4 is 11.1 Å². The van der Waals surface area contributed by atoms with Crippen LogP contribution in [0.3, 0.4) is 0 Å². The predicted molar refractivity (Wildman–Crippen MR) is 160 cm³/mol. The summed E-state index contributed by atoms with van der Waals surface area (Å²) in [6.07, 6.45) is 1.56. The number of hydrogen-bond donors (Lipinski definition) is 3. The van der Waals surface area contributed by atoms with Gasteiger partial charge in [0.05, 0.1) is 32.7 Å². The number of hydrogen-bond acceptors (Lipinski definition) is 4. The van der Waals surface area contributed by atoms with E-state index < -0.39 is 11.6 Å². The molecule has 0 spiro atoms. The molecular formula is C31H33Cl2N5O2. The number of aromatic amines is 1. The number of benzene rings is 3. The molecule has 4 aromatic rings. The molecule has 208 valence electrons. The largest absolute Gasteiger partial charge is 0.342 e. The van der Waals surface area contributed by atoms with Gasteiger partial charge in [-0.25, -0.2) is 4.98 Å². The highest BCUT2D eigenvalue weighted by Gasteiger charge is 2.40. The lowest BCUT2D eigenvalue weighted by atomic mass is 9.90. The Bertz CT molecular complexity index is 1490. The Morgan fingerprint density at radius 3 is 2.38 bits per heavy atom. The third-order valence-corrected chi connectivity index (χ3v) is 8.30. The van der Waals surface area contributed by atoms with Crippen LogP contribution in [0.4, 0.5) is 0 Å². The van der Waals surface area contributed by atoms with Gasteiger partial charge in [-0.05, 0) is 55.5 Å². The highest BCUT2D eigenvalue weighted by Crippen LogP contribution is 2.35. The number of nitrogens with one attached hydrogen (secondary N) is 2. The maximum atomic E-state index is 14.2. The molecule has 2 amide bonds. The normalized spacial score (nSPS) is 17.1. The second-order valence-corrected chi connectivity index (χ2v) is 11.9. The van der Waals surface area contributed by atoms with Crippen molar-refractivity contribution in [1.82, 2.24) is 20.2 Å². The van der Waals surface area contributed by atoms with Crippen LogP contribution in [-0.4, -0.2) is 44.8 Å². The molecule has 1 fully saturated rings. The molecule has 1 aliphatic rings. The first kappa shape index (κ1) is 28.1. The minimum absolute atomic E-state index is 0.170. The Morgan fingerprint density at radius 2 is 1.70 bits per heavy atom. The summed E-state index contributed by atoms with van der Waals surface area (Å²) >= 11 is 12.4. The van der Waals surface area contributed by atoms with E-state index in [1.807, 2.05) is 54.3 Å². The van der Waals surface area contributed by atoms with E-state index in [0.29, 0.717) is 27.9 Å². The standard InChI is InChI=1S/C31H33Cl2N5O2/c1-18(19-11-13-21(14-12-19)20-8-5-4-6-9-20)27(37-30(40)31(2,3)34)29(39)38-15-7-10-26(38)28-35-24-16-22(32)23(33)17-25(24)36-28/h4-6,8-9,11-14,16-18,26-27H,7,10,15,34H2,1-3H3,(H,35,36)(H,37,40)/t18-,26-,27-/m0/s1. The molecular weight excluding hydrogens is 545 g/mol. The van der Waals surface area contributed by atoms with E-state index in [4.69, 9.17) is 33.9 Å². The van der Waals surface area contributed by atoms with Gasteiger partial charge in [0.1, 0.15) is 11.9 Å². The minimum atomic E-state index is -1.14. The second-order valence-electron chi connectivity index (χ2n) is 11.0. The zero-order valence-corrected chi connectivity index (χ0v) is 24.3. The number of imidazole rings is 1. The highest BCUT2D eigenvalue weighted by molar-refractivity contribution is 6.42. The molecule has 0 saturated carbocycles. The van der Waals surface area contributed by atoms with Crippen molar-refractivity contribution in [2.45, 2.75) is 57.2 Å². The number of carbonyl (C=O) groups excluding carboxylic acids is 2. The number of aromatic nitrogens is 2. The predicted octanol–water partition coefficient (Wildman–Crippen LogP) is 6.23. The number of rotatable bonds is 7. The average molecular weight is 579 g/mol. The van der Waals surface area contributed by atoms with E-state index in [1.165, 1.54) is 0 Å². The van der Waals surface area contributed by atoms with E-state index in [1.54, 1.807) is 26.0 Å². The molecule has 0 aliphatic carbocycles. The molecule has 5 rings (SSSR count). The minimum Gasteiger partial charge on any atom is -0.342 e. The summed E-state index contributed by atoms with van der Waals surface area (Å²) in [5.41, 5.74) is 9.55. The topological polar surface area (TPSA) is 104 Å². The van der Waals surface area contributed by atoms with Crippen molar-refractivity contribution in [3.8, 4) is 11.1 Å². The van der Waals surface area contributed by atoms with E-state index in [0.717, 1.165) is 35.0 Å². The van der Waals surface area contributed by atoms with Crippen LogP contribution in [-0.2, 0) is 9.59 Å². The van der Waals surface area contributed by atoms with Crippen LogP contribution >= 0.6 is 23.2 Å². The Labute approximate surface area is 244 Å². The number of H-pyrrole nitrogens is 1. The smallest absolute Gasteiger partial charge is 0.246 e. The summed E-state index contributed by atoms with van der Waals surface area (Å²) in [6.45, 7) is 5.78. The molecule has 0 bridgehead atoms. The number of nitrogens with two attached hydrogens (primary N) is 1. The van der Waals surface area contributed by atoms with Crippen molar-refractivity contribution in [3.05, 3.63) is 88.2 Å². The van der Waals surface area contributed by atoms with Crippen molar-refractivity contribution in [2.24, 2.45) is 5.73 Å². The lowest BCUT2D eigenvalue weighted by Gasteiger charge is -2.33. The first-order chi connectivity index (χ1) is 19.0. The molecule has 1 aromatic heterocycles. The summed E-state index contributed by atoms with van der Waals surface area (Å²) in [5, 5.41) is 3.83. The lowest BCUT2D eigenvalue weighted by molar-refractivity contribution is -0.139. The van der Waals surface area contributed by atoms with Gasteiger partial charge in [0, 0.05) is 12.5 Å². The fourth-order valence-corrected chi connectivity index (χ4v) is 5.53. The molecule has 3 aromatic carbocycles. The summed E-state index contributed by atoms with van der Waals surface area (Å²) in [4.78, 5) is 37.1. The van der Waals surface area contributed by atoms with Gasteiger partial charge >= 0.3 is 0 Å². The van der Waals surface area contributed by atoms with Crippen LogP contribution in [0.15, 0.2) is 66.7 Å². The van der Waals surface area contributed by atoms with E-state index in [9.17, 15) is 9.59 Å². The van der Waals surface area contributed by atoms with E-state index >= 15 is 0 Å². The Balaban J connectivity index is 1.44. The zero-order chi connectivity index (χ0) is 28.6. The molecule has 1 saturated heterocycles. The molecule has 3 atom stereocenters. The molecule has 0 radical (unpaired) electrons. The second kappa shape index (κ2) is 11.2. The fourth-order valence-electron chi connectivity index (χ4n) is 5.21. The van der Waals surface area contributed by atoms with E-state index in [-0.39, 0.29) is 23.8 Å². The summed E-state index contributed by atoms with van der Waals surface area (Å²) in [6, 6.07) is 20.6. The van der Waals surface area contributed by atoms with Crippen LogP contribution in [0, 0.1) is 0 Å². The maximum Gasteiger partial charge on any atom is 0.246 e. The molecule has 2 heterocycles. The van der Waals surface area contributed by atoms with Crippen molar-refractivity contribution in [3.63, 3.8) is 0 Å². The number of nitrogens with zero attached hydrogens (tertiary/aromatic N) is 2. The van der Waals surface area contributed by atoms with Crippen LogP contribution in [0.2, 0.25) is 10.0 Å². The Morgan fingerprint density at radius 1 is 1.05 bits per heavy atom. The summed E-state index contributed by atoms with van der Waals surface area (Å²) < 4.78 is 0. The zero-order valence-electron chi connectivity index (χ0n) is 22.7. The third-order valence-electron chi connectivity index (χ3n) is 7.58. The van der Waals surface area contributed by atoms with Gasteiger partial charge in [0.25, 0.3) is 0 Å². The first-order valence-corrected chi connectivity index (χ1v) is 14.2. The molecule has 7 nitrogen and oxygen atoms in total. The average Bonchev–Trinajstić information content (AvgIpc) is 3.58. The highest BCUT2D eigenvalue weighted by atomic mass is 35.5. The van der Waals surface area contributed by atoms with Crippen LogP contribution in [0.25, 0.3) is 22.2 Å². The van der Waals surface area contributed by atoms with Crippen molar-refractivity contribution in [2.75, 3.05) is 6.54 Å². The van der Waals surface area contributed by atoms with Gasteiger partial charge in [-0.1, -0.05) is 84.7 Å². The fraction of sp³-hybridized carbons (Fsp3) is 0.323. The van der Waals surface area contributed by atoms with Gasteiger partial charge in [0.2, 0.25) is 11.8 Å². The Hall–Kier alpha value is -3.39. The van der Waals surface area contributed by atoms with Gasteiger partial charge in [-0.3, -0.25) is 9.59 Å². The van der Waals surface area contributed by atoms with E-state index in [2.05, 4.69) is 22.4 Å². The molecule has 4 N–H and O–H groups in total. The van der Waals surface area contributed by atoms with Crippen LogP contribution in [0.1, 0.15) is 57.0 Å². The summed E-state index contributed by atoms with van der Waals surface area (Å²) in [7, 11) is 0. The lowest BCUT2D eigenvalue weighted by Crippen LogP contribution is -2.57. The van der Waals surface area contributed by atoms with Gasteiger partial charge in [-0.2, -0.15) is 0 Å². The number of halogens is 2. The molecule has 40 heavy (non-hydrogen) atoms. The van der Waals surface area contributed by atoms with Crippen molar-refractivity contribution in [1.29, 1.82) is 0 Å². The Kier molecular flexibility index (Phi) is 7.91. The van der Waals surface area contributed by atoms with Gasteiger partial charge in [-0.15, -0.1) is 0 Å². The van der Waals surface area contributed by atoms with Crippen molar-refractivity contribution >= 4 is 46.0 Å². The molecule has 0 unspecified atom stereocenters. The van der Waals surface area contributed by atoms with Gasteiger partial charge in [0.15, 0.2) is 0 Å².